The summed E-state index contributed by atoms with van der Waals surface area (Å²) < 4.78 is 10.9. The van der Waals surface area contributed by atoms with Gasteiger partial charge in [-0.3, -0.25) is 9.59 Å². The van der Waals surface area contributed by atoms with Crippen molar-refractivity contribution in [1.82, 2.24) is 15.5 Å². The first-order chi connectivity index (χ1) is 16.5. The molecule has 1 aliphatic rings. The van der Waals surface area contributed by atoms with Crippen molar-refractivity contribution in [3.63, 3.8) is 0 Å². The number of amides is 2. The van der Waals surface area contributed by atoms with Gasteiger partial charge in [0.25, 0.3) is 5.91 Å². The summed E-state index contributed by atoms with van der Waals surface area (Å²) in [5.74, 6) is 1.25. The lowest BCUT2D eigenvalue weighted by atomic mass is 10.2. The van der Waals surface area contributed by atoms with Crippen LogP contribution in [0, 0.1) is 0 Å². The van der Waals surface area contributed by atoms with Gasteiger partial charge in [-0.15, -0.1) is 10.2 Å². The molecule has 1 fully saturated rings. The standard InChI is InChI=1S/C22H19N5O4S3/c1-30-15-7-3-13(4-8-15)11-17-19(29)24-20(33-17)25-21-26-27-22(34-21)32-12-18(28)23-14-5-9-16(31-2)10-6-14/h3-11H,12H2,1-2H3,(H,23,28)(H,24,25,26,29)/b17-11-. The summed E-state index contributed by atoms with van der Waals surface area (Å²) in [5, 5.41) is 14.5. The molecule has 0 spiro atoms. The van der Waals surface area contributed by atoms with Crippen molar-refractivity contribution in [2.75, 3.05) is 25.3 Å². The number of anilines is 1. The molecule has 1 aliphatic heterocycles. The highest BCUT2D eigenvalue weighted by Crippen LogP contribution is 2.31. The molecule has 12 heteroatoms. The zero-order chi connectivity index (χ0) is 23.9. The van der Waals surface area contributed by atoms with E-state index in [1.54, 1.807) is 44.6 Å². The number of thioether (sulfide) groups is 2. The van der Waals surface area contributed by atoms with E-state index in [9.17, 15) is 9.59 Å². The third kappa shape index (κ3) is 6.37. The molecule has 2 aromatic carbocycles. The van der Waals surface area contributed by atoms with Crippen LogP contribution in [0.15, 0.2) is 62.8 Å². The van der Waals surface area contributed by atoms with E-state index in [4.69, 9.17) is 9.47 Å². The van der Waals surface area contributed by atoms with Crippen molar-refractivity contribution in [3.8, 4) is 11.5 Å². The van der Waals surface area contributed by atoms with Crippen LogP contribution in [0.25, 0.3) is 6.08 Å². The third-order valence-electron chi connectivity index (χ3n) is 4.36. The van der Waals surface area contributed by atoms with E-state index in [1.165, 1.54) is 34.9 Å². The number of aliphatic imine (C=N–C) groups is 1. The van der Waals surface area contributed by atoms with Crippen LogP contribution in [0.3, 0.4) is 0 Å². The van der Waals surface area contributed by atoms with Gasteiger partial charge >= 0.3 is 0 Å². The molecule has 0 saturated carbocycles. The number of nitrogens with one attached hydrogen (secondary N) is 2. The number of hydrogen-bond donors (Lipinski definition) is 2. The second-order valence-corrected chi connectivity index (χ2v) is 9.88. The van der Waals surface area contributed by atoms with Gasteiger partial charge in [-0.1, -0.05) is 35.2 Å². The largest absolute Gasteiger partial charge is 0.497 e. The predicted molar refractivity (Wildman–Crippen MR) is 136 cm³/mol. The maximum atomic E-state index is 12.3. The number of rotatable bonds is 8. The fourth-order valence-electron chi connectivity index (χ4n) is 2.72. The molecule has 34 heavy (non-hydrogen) atoms. The van der Waals surface area contributed by atoms with Gasteiger partial charge in [-0.25, -0.2) is 0 Å². The molecule has 174 valence electrons. The Balaban J connectivity index is 1.31. The zero-order valence-corrected chi connectivity index (χ0v) is 20.6. The predicted octanol–water partition coefficient (Wildman–Crippen LogP) is 4.18. The molecule has 0 aliphatic carbocycles. The van der Waals surface area contributed by atoms with Gasteiger partial charge in [0.2, 0.25) is 11.0 Å². The number of nitrogens with zero attached hydrogens (tertiary/aromatic N) is 3. The van der Waals surface area contributed by atoms with Gasteiger partial charge in [-0.2, -0.15) is 4.99 Å². The fourth-order valence-corrected chi connectivity index (χ4v) is 5.12. The van der Waals surface area contributed by atoms with Crippen LogP contribution < -0.4 is 20.1 Å². The molecule has 2 heterocycles. The molecule has 3 aromatic rings. The summed E-state index contributed by atoms with van der Waals surface area (Å²) >= 11 is 3.73. The van der Waals surface area contributed by atoms with Crippen LogP contribution in [0.1, 0.15) is 5.56 Å². The lowest BCUT2D eigenvalue weighted by Gasteiger charge is -2.05. The first-order valence-corrected chi connectivity index (χ1v) is 12.5. The van der Waals surface area contributed by atoms with Crippen LogP contribution in [0.2, 0.25) is 0 Å². The minimum atomic E-state index is -0.228. The van der Waals surface area contributed by atoms with Gasteiger partial charge in [0.1, 0.15) is 11.5 Å². The highest BCUT2D eigenvalue weighted by Gasteiger charge is 2.24. The van der Waals surface area contributed by atoms with E-state index in [2.05, 4.69) is 25.8 Å². The smallest absolute Gasteiger partial charge is 0.264 e. The zero-order valence-electron chi connectivity index (χ0n) is 18.1. The maximum Gasteiger partial charge on any atom is 0.264 e. The Hall–Kier alpha value is -3.35. The molecule has 2 amide bonds. The Morgan fingerprint density at radius 3 is 2.44 bits per heavy atom. The van der Waals surface area contributed by atoms with E-state index in [0.717, 1.165) is 17.1 Å². The highest BCUT2D eigenvalue weighted by molar-refractivity contribution is 8.18. The fraction of sp³-hybridized carbons (Fsp3) is 0.136. The summed E-state index contributed by atoms with van der Waals surface area (Å²) in [6.07, 6.45) is 1.78. The van der Waals surface area contributed by atoms with Gasteiger partial charge in [0.15, 0.2) is 9.51 Å². The van der Waals surface area contributed by atoms with Crippen molar-refractivity contribution in [2.45, 2.75) is 4.34 Å². The van der Waals surface area contributed by atoms with Crippen molar-refractivity contribution in [1.29, 1.82) is 0 Å². The lowest BCUT2D eigenvalue weighted by Crippen LogP contribution is -2.19. The summed E-state index contributed by atoms with van der Waals surface area (Å²) in [6, 6.07) is 14.5. The normalized spacial score (nSPS) is 15.4. The monoisotopic (exact) mass is 513 g/mol. The van der Waals surface area contributed by atoms with Gasteiger partial charge < -0.3 is 20.1 Å². The van der Waals surface area contributed by atoms with E-state index in [-0.39, 0.29) is 17.6 Å². The van der Waals surface area contributed by atoms with E-state index >= 15 is 0 Å². The van der Waals surface area contributed by atoms with Crippen LogP contribution >= 0.6 is 34.9 Å². The third-order valence-corrected chi connectivity index (χ3v) is 7.22. The van der Waals surface area contributed by atoms with Gasteiger partial charge in [0.05, 0.1) is 24.9 Å². The topological polar surface area (TPSA) is 115 Å². The number of aromatic nitrogens is 2. The Labute approximate surface area is 208 Å². The average Bonchev–Trinajstić information content (AvgIpc) is 3.44. The molecule has 1 aromatic heterocycles. The number of ether oxygens (including phenoxy) is 2. The molecule has 1 saturated heterocycles. The number of hydrogen-bond acceptors (Lipinski definition) is 10. The summed E-state index contributed by atoms with van der Waals surface area (Å²) in [7, 11) is 3.19. The second-order valence-electron chi connectivity index (χ2n) is 6.67. The molecule has 9 nitrogen and oxygen atoms in total. The van der Waals surface area contributed by atoms with Crippen molar-refractivity contribution in [3.05, 3.63) is 59.0 Å². The Morgan fingerprint density at radius 1 is 1.09 bits per heavy atom. The molecule has 0 atom stereocenters. The summed E-state index contributed by atoms with van der Waals surface area (Å²) in [6.45, 7) is 0. The Bertz CT molecular complexity index is 1240. The minimum Gasteiger partial charge on any atom is -0.497 e. The Kier molecular flexibility index (Phi) is 7.83. The van der Waals surface area contributed by atoms with Gasteiger partial charge in [0, 0.05) is 5.69 Å². The number of benzene rings is 2. The average molecular weight is 514 g/mol. The van der Waals surface area contributed by atoms with Crippen LogP contribution in [-0.4, -0.2) is 47.2 Å². The first-order valence-electron chi connectivity index (χ1n) is 9.86. The first kappa shape index (κ1) is 23.8. The molecular weight excluding hydrogens is 494 g/mol. The SMILES string of the molecule is COc1ccc(/C=C2\S/C(=N/c3nnc(SCC(=O)Nc4ccc(OC)cc4)s3)NC2=O)cc1. The van der Waals surface area contributed by atoms with E-state index in [1.807, 2.05) is 24.3 Å². The number of carbonyl (C=O) groups is 2. The summed E-state index contributed by atoms with van der Waals surface area (Å²) in [4.78, 5) is 29.4. The van der Waals surface area contributed by atoms with Crippen LogP contribution in [-0.2, 0) is 9.59 Å². The Morgan fingerprint density at radius 2 is 1.76 bits per heavy atom. The highest BCUT2D eigenvalue weighted by atomic mass is 32.2. The molecule has 0 bridgehead atoms. The lowest BCUT2D eigenvalue weighted by molar-refractivity contribution is -0.115. The molecule has 2 N–H and O–H groups in total. The van der Waals surface area contributed by atoms with E-state index in [0.29, 0.717) is 25.2 Å². The maximum absolute atomic E-state index is 12.3. The van der Waals surface area contributed by atoms with Gasteiger partial charge in [-0.05, 0) is 59.8 Å². The number of amidine groups is 1. The molecule has 0 unspecified atom stereocenters. The number of methoxy groups -OCH3 is 2. The quantitative estimate of drug-likeness (QED) is 0.341. The molecule has 0 radical (unpaired) electrons. The van der Waals surface area contributed by atoms with Crippen LogP contribution in [0.4, 0.5) is 10.8 Å². The molecular formula is C22H19N5O4S3. The van der Waals surface area contributed by atoms with Crippen molar-refractivity contribution in [2.24, 2.45) is 4.99 Å². The number of carbonyl (C=O) groups excluding carboxylic acids is 2. The van der Waals surface area contributed by atoms with Crippen molar-refractivity contribution >= 4 is 68.7 Å². The van der Waals surface area contributed by atoms with E-state index < -0.39 is 0 Å². The summed E-state index contributed by atoms with van der Waals surface area (Å²) in [5.41, 5.74) is 1.56. The van der Waals surface area contributed by atoms with Crippen LogP contribution in [0.5, 0.6) is 11.5 Å². The van der Waals surface area contributed by atoms with Crippen molar-refractivity contribution < 1.29 is 19.1 Å². The second kappa shape index (κ2) is 11.2. The molecule has 4 rings (SSSR count). The minimum absolute atomic E-state index is 0.162.